The van der Waals surface area contributed by atoms with Crippen LogP contribution in [0.2, 0.25) is 0 Å². The molecular weight excluding hydrogens is 238 g/mol. The van der Waals surface area contributed by atoms with Crippen LogP contribution in [0.3, 0.4) is 0 Å². The van der Waals surface area contributed by atoms with Gasteiger partial charge in [0.05, 0.1) is 12.3 Å². The molecule has 0 atom stereocenters. The van der Waals surface area contributed by atoms with Gasteiger partial charge in [0.2, 0.25) is 0 Å². The van der Waals surface area contributed by atoms with Crippen LogP contribution in [0.25, 0.3) is 11.3 Å². The molecule has 0 aliphatic carbocycles. The highest BCUT2D eigenvalue weighted by Crippen LogP contribution is 2.23. The number of likely N-dealkylation sites (N-methyl/N-ethyl adjacent to an activating group) is 1. The summed E-state index contributed by atoms with van der Waals surface area (Å²) >= 11 is 0. The molecule has 102 valence electrons. The number of hydrogen-bond donors (Lipinski definition) is 2. The van der Waals surface area contributed by atoms with E-state index < -0.39 is 0 Å². The summed E-state index contributed by atoms with van der Waals surface area (Å²) in [4.78, 5) is 7.99. The Morgan fingerprint density at radius 3 is 2.63 bits per heavy atom. The monoisotopic (exact) mass is 259 g/mol. The molecule has 0 amide bonds. The summed E-state index contributed by atoms with van der Waals surface area (Å²) in [5.74, 6) is 1.92. The van der Waals surface area contributed by atoms with Gasteiger partial charge in [-0.25, -0.2) is 4.98 Å². The molecule has 0 spiro atoms. The Balaban J connectivity index is 2.18. The molecule has 0 unspecified atom stereocenters. The van der Waals surface area contributed by atoms with Crippen LogP contribution < -0.4 is 10.1 Å². The van der Waals surface area contributed by atoms with Gasteiger partial charge in [-0.1, -0.05) is 0 Å². The molecule has 0 fully saturated rings. The smallest absolute Gasteiger partial charge is 0.119 e. The lowest BCUT2D eigenvalue weighted by Gasteiger charge is -2.03. The Morgan fingerprint density at radius 1 is 1.26 bits per heavy atom. The number of benzene rings is 1. The number of aromatic nitrogens is 2. The van der Waals surface area contributed by atoms with Crippen LogP contribution in [-0.2, 0) is 6.42 Å². The number of imidazole rings is 1. The second-order valence-corrected chi connectivity index (χ2v) is 4.47. The van der Waals surface area contributed by atoms with E-state index in [0.29, 0.717) is 6.61 Å². The number of nitrogens with one attached hydrogen (secondary N) is 2. The van der Waals surface area contributed by atoms with Gasteiger partial charge in [0.1, 0.15) is 11.6 Å². The van der Waals surface area contributed by atoms with Gasteiger partial charge in [-0.05, 0) is 45.2 Å². The Labute approximate surface area is 114 Å². The fourth-order valence-electron chi connectivity index (χ4n) is 2.04. The van der Waals surface area contributed by atoms with Crippen molar-refractivity contribution in [3.8, 4) is 17.0 Å². The van der Waals surface area contributed by atoms with Gasteiger partial charge in [0.25, 0.3) is 0 Å². The average Bonchev–Trinajstić information content (AvgIpc) is 2.79. The van der Waals surface area contributed by atoms with Crippen molar-refractivity contribution in [2.24, 2.45) is 0 Å². The van der Waals surface area contributed by atoms with E-state index >= 15 is 0 Å². The zero-order chi connectivity index (χ0) is 13.7. The highest BCUT2D eigenvalue weighted by Gasteiger charge is 2.08. The number of aryl methyl sites for hydroxylation is 1. The lowest BCUT2D eigenvalue weighted by atomic mass is 10.1. The van der Waals surface area contributed by atoms with E-state index in [-0.39, 0.29) is 0 Å². The third-order valence-corrected chi connectivity index (χ3v) is 2.98. The first-order chi connectivity index (χ1) is 9.24. The van der Waals surface area contributed by atoms with Crippen molar-refractivity contribution in [3.05, 3.63) is 35.8 Å². The molecule has 1 aromatic heterocycles. The third-order valence-electron chi connectivity index (χ3n) is 2.98. The van der Waals surface area contributed by atoms with Crippen molar-refractivity contribution in [1.29, 1.82) is 0 Å². The number of nitrogens with zero attached hydrogens (tertiary/aromatic N) is 1. The first-order valence-corrected chi connectivity index (χ1v) is 6.68. The van der Waals surface area contributed by atoms with Gasteiger partial charge in [-0.15, -0.1) is 0 Å². The van der Waals surface area contributed by atoms with Gasteiger partial charge in [-0.3, -0.25) is 0 Å². The minimum absolute atomic E-state index is 0.689. The summed E-state index contributed by atoms with van der Waals surface area (Å²) in [7, 11) is 1.95. The molecule has 19 heavy (non-hydrogen) atoms. The summed E-state index contributed by atoms with van der Waals surface area (Å²) in [6.07, 6.45) is 0.911. The molecule has 0 aliphatic rings. The molecule has 2 N–H and O–H groups in total. The Hall–Kier alpha value is -1.81. The van der Waals surface area contributed by atoms with Gasteiger partial charge < -0.3 is 15.0 Å². The van der Waals surface area contributed by atoms with Crippen LogP contribution >= 0.6 is 0 Å². The van der Waals surface area contributed by atoms with Crippen LogP contribution in [0.15, 0.2) is 24.3 Å². The lowest BCUT2D eigenvalue weighted by molar-refractivity contribution is 0.340. The second kappa shape index (κ2) is 6.38. The van der Waals surface area contributed by atoms with Crippen molar-refractivity contribution >= 4 is 0 Å². The number of H-pyrrole nitrogens is 1. The van der Waals surface area contributed by atoms with Crippen molar-refractivity contribution < 1.29 is 4.74 Å². The summed E-state index contributed by atoms with van der Waals surface area (Å²) < 4.78 is 5.45. The largest absolute Gasteiger partial charge is 0.494 e. The molecule has 2 rings (SSSR count). The van der Waals surface area contributed by atoms with Crippen molar-refractivity contribution in [1.82, 2.24) is 15.3 Å². The maximum absolute atomic E-state index is 5.45. The lowest BCUT2D eigenvalue weighted by Crippen LogP contribution is -2.11. The summed E-state index contributed by atoms with van der Waals surface area (Å²) in [6.45, 7) is 5.66. The predicted octanol–water partition coefficient (Wildman–Crippen LogP) is 2.55. The van der Waals surface area contributed by atoms with Gasteiger partial charge in [0, 0.05) is 24.2 Å². The summed E-state index contributed by atoms with van der Waals surface area (Å²) in [5.41, 5.74) is 3.25. The minimum Gasteiger partial charge on any atom is -0.494 e. The molecule has 0 saturated carbocycles. The van der Waals surface area contributed by atoms with Crippen molar-refractivity contribution in [2.45, 2.75) is 20.3 Å². The van der Waals surface area contributed by atoms with Gasteiger partial charge in [-0.2, -0.15) is 0 Å². The van der Waals surface area contributed by atoms with E-state index in [1.165, 1.54) is 0 Å². The van der Waals surface area contributed by atoms with E-state index in [1.54, 1.807) is 0 Å². The fraction of sp³-hybridized carbons (Fsp3) is 0.400. The van der Waals surface area contributed by atoms with E-state index in [1.807, 2.05) is 26.1 Å². The van der Waals surface area contributed by atoms with E-state index in [0.717, 1.165) is 41.5 Å². The van der Waals surface area contributed by atoms with Crippen LogP contribution in [0.1, 0.15) is 18.4 Å². The van der Waals surface area contributed by atoms with Crippen LogP contribution in [0.4, 0.5) is 0 Å². The third kappa shape index (κ3) is 3.35. The zero-order valence-electron chi connectivity index (χ0n) is 11.8. The molecule has 4 nitrogen and oxygen atoms in total. The quantitative estimate of drug-likeness (QED) is 0.838. The standard InChI is InChI=1S/C15H21N3O/c1-4-19-13-7-5-12(6-8-13)15-11(2)17-14(18-15)9-10-16-3/h5-8,16H,4,9-10H2,1-3H3,(H,17,18). The first kappa shape index (κ1) is 13.6. The number of ether oxygens (including phenoxy) is 1. The number of rotatable bonds is 6. The van der Waals surface area contributed by atoms with Crippen molar-refractivity contribution in [3.63, 3.8) is 0 Å². The van der Waals surface area contributed by atoms with E-state index in [2.05, 4.69) is 34.3 Å². The fourth-order valence-corrected chi connectivity index (χ4v) is 2.04. The second-order valence-electron chi connectivity index (χ2n) is 4.47. The molecule has 1 aromatic carbocycles. The topological polar surface area (TPSA) is 49.9 Å². The van der Waals surface area contributed by atoms with E-state index in [9.17, 15) is 0 Å². The highest BCUT2D eigenvalue weighted by atomic mass is 16.5. The summed E-state index contributed by atoms with van der Waals surface area (Å²) in [5, 5.41) is 3.13. The Bertz CT molecular complexity index is 517. The molecule has 1 heterocycles. The Kier molecular flexibility index (Phi) is 4.58. The maximum Gasteiger partial charge on any atom is 0.119 e. The van der Waals surface area contributed by atoms with E-state index in [4.69, 9.17) is 4.74 Å². The predicted molar refractivity (Wildman–Crippen MR) is 77.6 cm³/mol. The molecule has 2 aromatic rings. The Morgan fingerprint density at radius 2 is 2.00 bits per heavy atom. The molecule has 0 aliphatic heterocycles. The zero-order valence-corrected chi connectivity index (χ0v) is 11.8. The maximum atomic E-state index is 5.45. The summed E-state index contributed by atoms with van der Waals surface area (Å²) in [6, 6.07) is 8.08. The highest BCUT2D eigenvalue weighted by molar-refractivity contribution is 5.62. The van der Waals surface area contributed by atoms with Gasteiger partial charge in [0.15, 0.2) is 0 Å². The molecule has 0 radical (unpaired) electrons. The minimum atomic E-state index is 0.689. The van der Waals surface area contributed by atoms with Gasteiger partial charge >= 0.3 is 0 Å². The first-order valence-electron chi connectivity index (χ1n) is 6.68. The normalized spacial score (nSPS) is 10.7. The van der Waals surface area contributed by atoms with Crippen molar-refractivity contribution in [2.75, 3.05) is 20.2 Å². The SMILES string of the molecule is CCOc1ccc(-c2nc(CCNC)[nH]c2C)cc1. The average molecular weight is 259 g/mol. The van der Waals surface area contributed by atoms with Crippen LogP contribution in [0, 0.1) is 6.92 Å². The molecular formula is C15H21N3O. The molecule has 0 saturated heterocycles. The number of hydrogen-bond acceptors (Lipinski definition) is 3. The van der Waals surface area contributed by atoms with Crippen LogP contribution in [-0.4, -0.2) is 30.2 Å². The molecule has 0 bridgehead atoms. The van der Waals surface area contributed by atoms with Crippen LogP contribution in [0.5, 0.6) is 5.75 Å². The number of aromatic amines is 1. The molecule has 4 heteroatoms.